The van der Waals surface area contributed by atoms with Gasteiger partial charge in [-0.25, -0.2) is 0 Å². The van der Waals surface area contributed by atoms with Crippen molar-refractivity contribution in [2.24, 2.45) is 0 Å². The van der Waals surface area contributed by atoms with Gasteiger partial charge in [0.2, 0.25) is 0 Å². The van der Waals surface area contributed by atoms with Crippen LogP contribution in [0.2, 0.25) is 5.02 Å². The zero-order valence-corrected chi connectivity index (χ0v) is 12.0. The van der Waals surface area contributed by atoms with Crippen LogP contribution < -0.4 is 5.32 Å². The zero-order valence-electron chi connectivity index (χ0n) is 11.3. The maximum absolute atomic E-state index is 6.13. The third-order valence-electron chi connectivity index (χ3n) is 2.77. The number of hydrogen-bond donors (Lipinski definition) is 1. The third kappa shape index (κ3) is 5.80. The lowest BCUT2D eigenvalue weighted by atomic mass is 10.0. The summed E-state index contributed by atoms with van der Waals surface area (Å²) in [5.41, 5.74) is 1.15. The molecular weight excluding hydrogens is 248 g/mol. The normalized spacial score (nSPS) is 12.6. The number of rotatable bonds is 9. The number of pyridine rings is 1. The van der Waals surface area contributed by atoms with E-state index in [0.29, 0.717) is 6.04 Å². The Morgan fingerprint density at radius 3 is 2.89 bits per heavy atom. The first-order valence-electron chi connectivity index (χ1n) is 6.67. The minimum atomic E-state index is 0.409. The molecule has 0 aromatic carbocycles. The van der Waals surface area contributed by atoms with Crippen molar-refractivity contribution in [1.82, 2.24) is 10.3 Å². The molecule has 1 unspecified atom stereocenters. The van der Waals surface area contributed by atoms with Gasteiger partial charge in [0.25, 0.3) is 0 Å². The summed E-state index contributed by atoms with van der Waals surface area (Å²) >= 11 is 6.13. The van der Waals surface area contributed by atoms with E-state index in [0.717, 1.165) is 49.6 Å². The van der Waals surface area contributed by atoms with Crippen molar-refractivity contribution >= 4 is 11.6 Å². The van der Waals surface area contributed by atoms with Gasteiger partial charge in [0.1, 0.15) is 0 Å². The minimum Gasteiger partial charge on any atom is -0.381 e. The Balaban J connectivity index is 2.44. The van der Waals surface area contributed by atoms with Gasteiger partial charge in [-0.05, 0) is 37.4 Å². The van der Waals surface area contributed by atoms with Gasteiger partial charge in [-0.3, -0.25) is 4.98 Å². The van der Waals surface area contributed by atoms with Crippen LogP contribution in [0.4, 0.5) is 0 Å². The topological polar surface area (TPSA) is 34.1 Å². The van der Waals surface area contributed by atoms with Crippen LogP contribution in [0.5, 0.6) is 0 Å². The Morgan fingerprint density at radius 1 is 1.39 bits per heavy atom. The SMILES string of the molecule is CCCOCCC(Cc1ccncc1Cl)NCC. The number of halogens is 1. The molecule has 1 aromatic heterocycles. The molecule has 0 saturated heterocycles. The first-order valence-corrected chi connectivity index (χ1v) is 7.05. The molecule has 3 nitrogen and oxygen atoms in total. The van der Waals surface area contributed by atoms with E-state index in [4.69, 9.17) is 16.3 Å². The van der Waals surface area contributed by atoms with Crippen molar-refractivity contribution in [2.75, 3.05) is 19.8 Å². The van der Waals surface area contributed by atoms with Crippen LogP contribution in [-0.4, -0.2) is 30.8 Å². The molecule has 0 radical (unpaired) electrons. The molecule has 0 aliphatic rings. The largest absolute Gasteiger partial charge is 0.381 e. The molecule has 102 valence electrons. The highest BCUT2D eigenvalue weighted by Gasteiger charge is 2.10. The molecule has 0 saturated carbocycles. The lowest BCUT2D eigenvalue weighted by Gasteiger charge is -2.18. The van der Waals surface area contributed by atoms with Gasteiger partial charge in [0, 0.05) is 31.6 Å². The first kappa shape index (κ1) is 15.4. The second-order valence-electron chi connectivity index (χ2n) is 4.33. The van der Waals surface area contributed by atoms with Crippen LogP contribution in [0, 0.1) is 0 Å². The lowest BCUT2D eigenvalue weighted by Crippen LogP contribution is -2.32. The molecule has 1 heterocycles. The second kappa shape index (κ2) is 9.31. The summed E-state index contributed by atoms with van der Waals surface area (Å²) in [5, 5.41) is 4.22. The summed E-state index contributed by atoms with van der Waals surface area (Å²) in [4.78, 5) is 4.01. The molecule has 0 amide bonds. The molecule has 0 fully saturated rings. The van der Waals surface area contributed by atoms with Crippen LogP contribution in [0.3, 0.4) is 0 Å². The number of nitrogens with zero attached hydrogens (tertiary/aromatic N) is 1. The van der Waals surface area contributed by atoms with Crippen LogP contribution in [0.25, 0.3) is 0 Å². The number of nitrogens with one attached hydrogen (secondary N) is 1. The van der Waals surface area contributed by atoms with E-state index in [9.17, 15) is 0 Å². The van der Waals surface area contributed by atoms with Gasteiger partial charge in [-0.2, -0.15) is 0 Å². The van der Waals surface area contributed by atoms with Crippen LogP contribution in [0.15, 0.2) is 18.5 Å². The Kier molecular flexibility index (Phi) is 7.98. The third-order valence-corrected chi connectivity index (χ3v) is 3.11. The summed E-state index contributed by atoms with van der Waals surface area (Å²) in [6, 6.07) is 2.39. The average Bonchev–Trinajstić information content (AvgIpc) is 2.37. The highest BCUT2D eigenvalue weighted by atomic mass is 35.5. The van der Waals surface area contributed by atoms with Gasteiger partial charge in [-0.15, -0.1) is 0 Å². The Bertz CT molecular complexity index is 333. The van der Waals surface area contributed by atoms with Gasteiger partial charge >= 0.3 is 0 Å². The van der Waals surface area contributed by atoms with Crippen molar-refractivity contribution in [3.8, 4) is 0 Å². The Labute approximate surface area is 115 Å². The smallest absolute Gasteiger partial charge is 0.0621 e. The monoisotopic (exact) mass is 270 g/mol. The van der Waals surface area contributed by atoms with E-state index in [1.165, 1.54) is 0 Å². The minimum absolute atomic E-state index is 0.409. The van der Waals surface area contributed by atoms with Crippen molar-refractivity contribution < 1.29 is 4.74 Å². The molecule has 4 heteroatoms. The molecular formula is C14H23ClN2O. The molecule has 0 aliphatic carbocycles. The van der Waals surface area contributed by atoms with Crippen molar-refractivity contribution in [3.63, 3.8) is 0 Å². The highest BCUT2D eigenvalue weighted by Crippen LogP contribution is 2.16. The van der Waals surface area contributed by atoms with Gasteiger partial charge < -0.3 is 10.1 Å². The molecule has 0 spiro atoms. The molecule has 1 atom stereocenters. The summed E-state index contributed by atoms with van der Waals surface area (Å²) < 4.78 is 5.54. The molecule has 1 N–H and O–H groups in total. The summed E-state index contributed by atoms with van der Waals surface area (Å²) in [5.74, 6) is 0. The Morgan fingerprint density at radius 2 is 2.22 bits per heavy atom. The molecule has 0 aliphatic heterocycles. The predicted octanol–water partition coefficient (Wildman–Crippen LogP) is 3.07. The van der Waals surface area contributed by atoms with E-state index < -0.39 is 0 Å². The van der Waals surface area contributed by atoms with E-state index in [1.54, 1.807) is 12.4 Å². The fourth-order valence-electron chi connectivity index (χ4n) is 1.87. The van der Waals surface area contributed by atoms with Crippen LogP contribution >= 0.6 is 11.6 Å². The zero-order chi connectivity index (χ0) is 13.2. The lowest BCUT2D eigenvalue weighted by molar-refractivity contribution is 0.124. The van der Waals surface area contributed by atoms with Crippen LogP contribution in [-0.2, 0) is 11.2 Å². The van der Waals surface area contributed by atoms with Crippen LogP contribution in [0.1, 0.15) is 32.3 Å². The number of ether oxygens (including phenoxy) is 1. The Hall–Kier alpha value is -0.640. The average molecular weight is 271 g/mol. The first-order chi connectivity index (χ1) is 8.77. The van der Waals surface area contributed by atoms with E-state index in [2.05, 4.69) is 24.1 Å². The van der Waals surface area contributed by atoms with E-state index in [1.807, 2.05) is 6.07 Å². The number of hydrogen-bond acceptors (Lipinski definition) is 3. The quantitative estimate of drug-likeness (QED) is 0.701. The fourth-order valence-corrected chi connectivity index (χ4v) is 2.07. The standard InChI is InChI=1S/C14H23ClN2O/c1-3-8-18-9-6-13(17-4-2)10-12-5-7-16-11-14(12)15/h5,7,11,13,17H,3-4,6,8-10H2,1-2H3. The predicted molar refractivity (Wildman–Crippen MR) is 76.1 cm³/mol. The molecule has 1 rings (SSSR count). The maximum Gasteiger partial charge on any atom is 0.0621 e. The van der Waals surface area contributed by atoms with Crippen molar-refractivity contribution in [3.05, 3.63) is 29.0 Å². The van der Waals surface area contributed by atoms with Crippen molar-refractivity contribution in [2.45, 2.75) is 39.2 Å². The summed E-state index contributed by atoms with van der Waals surface area (Å²) in [6.45, 7) is 6.84. The fraction of sp³-hybridized carbons (Fsp3) is 0.643. The highest BCUT2D eigenvalue weighted by molar-refractivity contribution is 6.31. The van der Waals surface area contributed by atoms with E-state index >= 15 is 0 Å². The summed E-state index contributed by atoms with van der Waals surface area (Å²) in [7, 11) is 0. The summed E-state index contributed by atoms with van der Waals surface area (Å²) in [6.07, 6.45) is 6.49. The van der Waals surface area contributed by atoms with Gasteiger partial charge in [0.15, 0.2) is 0 Å². The maximum atomic E-state index is 6.13. The van der Waals surface area contributed by atoms with Crippen molar-refractivity contribution in [1.29, 1.82) is 0 Å². The molecule has 18 heavy (non-hydrogen) atoms. The van der Waals surface area contributed by atoms with Gasteiger partial charge in [-0.1, -0.05) is 25.4 Å². The van der Waals surface area contributed by atoms with E-state index in [-0.39, 0.29) is 0 Å². The second-order valence-corrected chi connectivity index (χ2v) is 4.73. The molecule has 1 aromatic rings. The van der Waals surface area contributed by atoms with Gasteiger partial charge in [0.05, 0.1) is 5.02 Å². The number of likely N-dealkylation sites (N-methyl/N-ethyl adjacent to an activating group) is 1. The number of aromatic nitrogens is 1. The molecule has 0 bridgehead atoms.